The SMILES string of the molecule is Cc1ccc2ccc(=O)n(CCN3CCC(NCc4ccc5c(c4)OCCO5)CC3)c2c1. The highest BCUT2D eigenvalue weighted by Crippen LogP contribution is 2.30. The van der Waals surface area contributed by atoms with Crippen LogP contribution >= 0.6 is 0 Å². The molecule has 3 aromatic rings. The van der Waals surface area contributed by atoms with Gasteiger partial charge < -0.3 is 24.3 Å². The molecular formula is C26H31N3O3. The van der Waals surface area contributed by atoms with Crippen LogP contribution in [0.3, 0.4) is 0 Å². The van der Waals surface area contributed by atoms with E-state index in [4.69, 9.17) is 9.47 Å². The van der Waals surface area contributed by atoms with Crippen molar-refractivity contribution in [1.29, 1.82) is 0 Å². The number of hydrogen-bond acceptors (Lipinski definition) is 5. The van der Waals surface area contributed by atoms with E-state index in [9.17, 15) is 4.79 Å². The molecule has 0 unspecified atom stereocenters. The Morgan fingerprint density at radius 3 is 2.56 bits per heavy atom. The summed E-state index contributed by atoms with van der Waals surface area (Å²) in [6.45, 7) is 7.90. The molecule has 0 bridgehead atoms. The van der Waals surface area contributed by atoms with Crippen LogP contribution < -0.4 is 20.3 Å². The predicted octanol–water partition coefficient (Wildman–Crippen LogP) is 3.34. The summed E-state index contributed by atoms with van der Waals surface area (Å²) in [4.78, 5) is 15.0. The molecule has 3 heterocycles. The number of piperidine rings is 1. The van der Waals surface area contributed by atoms with Crippen LogP contribution in [0.25, 0.3) is 10.9 Å². The number of nitrogens with one attached hydrogen (secondary N) is 1. The number of ether oxygens (including phenoxy) is 2. The van der Waals surface area contributed by atoms with Gasteiger partial charge in [-0.3, -0.25) is 4.79 Å². The second-order valence-corrected chi connectivity index (χ2v) is 8.86. The van der Waals surface area contributed by atoms with Crippen LogP contribution in [0.5, 0.6) is 11.5 Å². The highest BCUT2D eigenvalue weighted by molar-refractivity contribution is 5.79. The van der Waals surface area contributed by atoms with Crippen LogP contribution in [0.2, 0.25) is 0 Å². The lowest BCUT2D eigenvalue weighted by molar-refractivity contribution is 0.171. The zero-order chi connectivity index (χ0) is 21.9. The van der Waals surface area contributed by atoms with Crippen LogP contribution in [0.4, 0.5) is 0 Å². The van der Waals surface area contributed by atoms with Gasteiger partial charge in [-0.2, -0.15) is 0 Å². The average molecular weight is 434 g/mol. The number of pyridine rings is 1. The van der Waals surface area contributed by atoms with E-state index in [0.717, 1.165) is 68.0 Å². The Kier molecular flexibility index (Phi) is 6.14. The van der Waals surface area contributed by atoms with Crippen LogP contribution in [0.1, 0.15) is 24.0 Å². The van der Waals surface area contributed by atoms with Crippen molar-refractivity contribution in [2.45, 2.75) is 38.9 Å². The summed E-state index contributed by atoms with van der Waals surface area (Å²) >= 11 is 0. The first-order valence-electron chi connectivity index (χ1n) is 11.6. The van der Waals surface area contributed by atoms with E-state index in [2.05, 4.69) is 47.5 Å². The van der Waals surface area contributed by atoms with E-state index in [1.165, 1.54) is 11.1 Å². The van der Waals surface area contributed by atoms with Gasteiger partial charge in [0.2, 0.25) is 0 Å². The molecular weight excluding hydrogens is 402 g/mol. The van der Waals surface area contributed by atoms with Gasteiger partial charge in [0.05, 0.1) is 5.52 Å². The van der Waals surface area contributed by atoms with Crippen LogP contribution in [0, 0.1) is 6.92 Å². The fraction of sp³-hybridized carbons (Fsp3) is 0.423. The summed E-state index contributed by atoms with van der Waals surface area (Å²) < 4.78 is 13.2. The minimum Gasteiger partial charge on any atom is -0.486 e. The molecule has 0 aliphatic carbocycles. The van der Waals surface area contributed by atoms with Crippen molar-refractivity contribution in [1.82, 2.24) is 14.8 Å². The maximum Gasteiger partial charge on any atom is 0.251 e. The minimum absolute atomic E-state index is 0.0825. The van der Waals surface area contributed by atoms with Gasteiger partial charge in [-0.25, -0.2) is 0 Å². The third-order valence-electron chi connectivity index (χ3n) is 6.58. The van der Waals surface area contributed by atoms with Gasteiger partial charge in [0.15, 0.2) is 11.5 Å². The molecule has 0 amide bonds. The quantitative estimate of drug-likeness (QED) is 0.646. The molecule has 168 valence electrons. The lowest BCUT2D eigenvalue weighted by atomic mass is 10.0. The second-order valence-electron chi connectivity index (χ2n) is 8.86. The molecule has 1 aromatic heterocycles. The summed E-state index contributed by atoms with van der Waals surface area (Å²) in [6, 6.07) is 16.6. The molecule has 6 nitrogen and oxygen atoms in total. The third-order valence-corrected chi connectivity index (χ3v) is 6.58. The lowest BCUT2D eigenvalue weighted by Crippen LogP contribution is -2.43. The Hall–Kier alpha value is -2.83. The number of aromatic nitrogens is 1. The Morgan fingerprint density at radius 1 is 0.938 bits per heavy atom. The fourth-order valence-corrected chi connectivity index (χ4v) is 4.69. The molecule has 1 saturated heterocycles. The van der Waals surface area contributed by atoms with Crippen molar-refractivity contribution in [2.24, 2.45) is 0 Å². The van der Waals surface area contributed by atoms with E-state index < -0.39 is 0 Å². The summed E-state index contributed by atoms with van der Waals surface area (Å²) in [7, 11) is 0. The molecule has 2 aromatic carbocycles. The predicted molar refractivity (Wildman–Crippen MR) is 127 cm³/mol. The first-order valence-corrected chi connectivity index (χ1v) is 11.6. The lowest BCUT2D eigenvalue weighted by Gasteiger charge is -2.32. The second kappa shape index (κ2) is 9.35. The number of nitrogens with zero attached hydrogens (tertiary/aromatic N) is 2. The average Bonchev–Trinajstić information content (AvgIpc) is 2.82. The molecule has 1 N–H and O–H groups in total. The number of hydrogen-bond donors (Lipinski definition) is 1. The fourth-order valence-electron chi connectivity index (χ4n) is 4.69. The maximum atomic E-state index is 12.5. The Balaban J connectivity index is 1.13. The summed E-state index contributed by atoms with van der Waals surface area (Å²) in [6.07, 6.45) is 2.24. The highest BCUT2D eigenvalue weighted by Gasteiger charge is 2.19. The van der Waals surface area contributed by atoms with Crippen molar-refractivity contribution in [3.8, 4) is 11.5 Å². The third kappa shape index (κ3) is 4.66. The first-order chi connectivity index (χ1) is 15.7. The summed E-state index contributed by atoms with van der Waals surface area (Å²) in [5, 5.41) is 4.82. The van der Waals surface area contributed by atoms with Crippen LogP contribution in [-0.2, 0) is 13.1 Å². The molecule has 0 saturated carbocycles. The van der Waals surface area contributed by atoms with Gasteiger partial charge in [0.25, 0.3) is 5.56 Å². The highest BCUT2D eigenvalue weighted by atomic mass is 16.6. The normalized spacial score (nSPS) is 17.0. The van der Waals surface area contributed by atoms with Crippen LogP contribution in [-0.4, -0.2) is 48.4 Å². The van der Waals surface area contributed by atoms with Gasteiger partial charge >= 0.3 is 0 Å². The number of aryl methyl sites for hydroxylation is 1. The van der Waals surface area contributed by atoms with E-state index in [-0.39, 0.29) is 5.56 Å². The molecule has 1 fully saturated rings. The molecule has 32 heavy (non-hydrogen) atoms. The van der Waals surface area contributed by atoms with Gasteiger partial charge in [0, 0.05) is 31.7 Å². The van der Waals surface area contributed by atoms with E-state index >= 15 is 0 Å². The maximum absolute atomic E-state index is 12.5. The minimum atomic E-state index is 0.0825. The number of likely N-dealkylation sites (tertiary alicyclic amines) is 1. The molecule has 6 heteroatoms. The molecule has 0 radical (unpaired) electrons. The van der Waals surface area contributed by atoms with Crippen molar-refractivity contribution in [2.75, 3.05) is 32.8 Å². The number of benzene rings is 2. The molecule has 2 aliphatic heterocycles. The van der Waals surface area contributed by atoms with Crippen molar-refractivity contribution >= 4 is 10.9 Å². The van der Waals surface area contributed by atoms with Crippen molar-refractivity contribution < 1.29 is 9.47 Å². The topological polar surface area (TPSA) is 55.7 Å². The Labute approximate surface area is 188 Å². The Bertz CT molecular complexity index is 1150. The number of fused-ring (bicyclic) bond motifs is 2. The van der Waals surface area contributed by atoms with E-state index in [1.807, 2.05) is 16.7 Å². The zero-order valence-corrected chi connectivity index (χ0v) is 18.7. The van der Waals surface area contributed by atoms with E-state index in [1.54, 1.807) is 6.07 Å². The van der Waals surface area contributed by atoms with Gasteiger partial charge in [-0.1, -0.05) is 18.2 Å². The zero-order valence-electron chi connectivity index (χ0n) is 18.7. The van der Waals surface area contributed by atoms with Crippen LogP contribution in [0.15, 0.2) is 53.3 Å². The summed E-state index contributed by atoms with van der Waals surface area (Å²) in [5.74, 6) is 1.69. The Morgan fingerprint density at radius 2 is 1.72 bits per heavy atom. The monoisotopic (exact) mass is 433 g/mol. The molecule has 5 rings (SSSR count). The largest absolute Gasteiger partial charge is 0.486 e. The molecule has 2 aliphatic rings. The van der Waals surface area contributed by atoms with Crippen molar-refractivity contribution in [3.63, 3.8) is 0 Å². The molecule has 0 spiro atoms. The van der Waals surface area contributed by atoms with Crippen molar-refractivity contribution in [3.05, 3.63) is 70.0 Å². The van der Waals surface area contributed by atoms with E-state index in [0.29, 0.717) is 19.3 Å². The van der Waals surface area contributed by atoms with Gasteiger partial charge in [-0.05, 0) is 73.6 Å². The summed E-state index contributed by atoms with van der Waals surface area (Å²) in [5.41, 5.74) is 3.52. The van der Waals surface area contributed by atoms with Gasteiger partial charge in [-0.15, -0.1) is 0 Å². The number of rotatable bonds is 6. The van der Waals surface area contributed by atoms with Gasteiger partial charge in [0.1, 0.15) is 13.2 Å². The standard InChI is InChI=1S/C26H31N3O3/c1-19-2-4-21-5-7-26(30)29(23(21)16-19)13-12-28-10-8-22(9-11-28)27-18-20-3-6-24-25(17-20)32-15-14-31-24/h2-7,16-17,22,27H,8-15,18H2,1H3. The first kappa shape index (κ1) is 21.0. The smallest absolute Gasteiger partial charge is 0.251 e. The molecule has 0 atom stereocenters.